The Balaban J connectivity index is 1.53. The third-order valence-electron chi connectivity index (χ3n) is 3.80. The van der Waals surface area contributed by atoms with Crippen molar-refractivity contribution in [1.29, 1.82) is 0 Å². The van der Waals surface area contributed by atoms with Crippen LogP contribution in [0.2, 0.25) is 0 Å². The van der Waals surface area contributed by atoms with Gasteiger partial charge in [-0.05, 0) is 19.1 Å². The predicted octanol–water partition coefficient (Wildman–Crippen LogP) is 3.22. The van der Waals surface area contributed by atoms with E-state index in [0.717, 1.165) is 16.1 Å². The molecule has 0 aromatic heterocycles. The van der Waals surface area contributed by atoms with Crippen LogP contribution in [0, 0.1) is 6.92 Å². The van der Waals surface area contributed by atoms with E-state index in [1.165, 1.54) is 11.8 Å². The van der Waals surface area contributed by atoms with E-state index >= 15 is 0 Å². The average Bonchev–Trinajstić information content (AvgIpc) is 2.61. The minimum absolute atomic E-state index is 0.0774. The molecule has 0 saturated carbocycles. The summed E-state index contributed by atoms with van der Waals surface area (Å²) >= 11 is 1.33. The lowest BCUT2D eigenvalue weighted by molar-refractivity contribution is -0.143. The topological polar surface area (TPSA) is 72.5 Å². The summed E-state index contributed by atoms with van der Waals surface area (Å²) in [5.41, 5.74) is 2.29. The van der Waals surface area contributed by atoms with Crippen molar-refractivity contribution in [3.63, 3.8) is 0 Å². The molecule has 0 unspecified atom stereocenters. The van der Waals surface area contributed by atoms with Crippen molar-refractivity contribution in [3.8, 4) is 0 Å². The number of ketones is 1. The second-order valence-corrected chi connectivity index (χ2v) is 6.99. The molecule has 25 heavy (non-hydrogen) atoms. The van der Waals surface area contributed by atoms with Crippen molar-refractivity contribution in [2.75, 3.05) is 11.9 Å². The fourth-order valence-corrected chi connectivity index (χ4v) is 3.50. The lowest BCUT2D eigenvalue weighted by Crippen LogP contribution is -2.31. The first-order valence-electron chi connectivity index (χ1n) is 7.85. The zero-order valence-corrected chi connectivity index (χ0v) is 14.5. The highest BCUT2D eigenvalue weighted by molar-refractivity contribution is 8.01. The summed E-state index contributed by atoms with van der Waals surface area (Å²) in [6, 6.07) is 14.5. The quantitative estimate of drug-likeness (QED) is 0.658. The monoisotopic (exact) mass is 355 g/mol. The molecule has 2 aromatic carbocycles. The molecule has 0 saturated heterocycles. The number of ether oxygens (including phenoxy) is 1. The van der Waals surface area contributed by atoms with Crippen LogP contribution >= 0.6 is 11.8 Å². The summed E-state index contributed by atoms with van der Waals surface area (Å²) in [7, 11) is 0. The van der Waals surface area contributed by atoms with Crippen LogP contribution in [-0.4, -0.2) is 29.5 Å². The molecule has 5 nitrogen and oxygen atoms in total. The minimum Gasteiger partial charge on any atom is -0.457 e. The normalized spacial score (nSPS) is 15.9. The van der Waals surface area contributed by atoms with Gasteiger partial charge in [0.2, 0.25) is 5.91 Å². The molecule has 2 aromatic rings. The van der Waals surface area contributed by atoms with Crippen LogP contribution in [0.5, 0.6) is 0 Å². The van der Waals surface area contributed by atoms with Crippen molar-refractivity contribution in [1.82, 2.24) is 0 Å². The summed E-state index contributed by atoms with van der Waals surface area (Å²) in [5.74, 6) is -1.06. The molecule has 1 atom stereocenters. The molecule has 0 spiro atoms. The SMILES string of the molecule is Cc1ccc(C(=O)COC(=O)C[C@@H]2Sc3ccccc3NC2=O)cc1. The Morgan fingerprint density at radius 3 is 2.60 bits per heavy atom. The molecule has 1 amide bonds. The van der Waals surface area contributed by atoms with Crippen LogP contribution in [0.15, 0.2) is 53.4 Å². The smallest absolute Gasteiger partial charge is 0.307 e. The number of carbonyl (C=O) groups excluding carboxylic acids is 3. The van der Waals surface area contributed by atoms with Crippen LogP contribution in [0.3, 0.4) is 0 Å². The Kier molecular flexibility index (Phi) is 5.19. The number of hydrogen-bond donors (Lipinski definition) is 1. The number of nitrogens with one attached hydrogen (secondary N) is 1. The third kappa shape index (κ3) is 4.28. The molecular weight excluding hydrogens is 338 g/mol. The number of benzene rings is 2. The van der Waals surface area contributed by atoms with E-state index in [0.29, 0.717) is 5.56 Å². The van der Waals surface area contributed by atoms with Crippen LogP contribution < -0.4 is 5.32 Å². The van der Waals surface area contributed by atoms with E-state index in [4.69, 9.17) is 4.74 Å². The number of anilines is 1. The summed E-state index contributed by atoms with van der Waals surface area (Å²) in [6.07, 6.45) is -0.0774. The maximum absolute atomic E-state index is 12.1. The van der Waals surface area contributed by atoms with Crippen molar-refractivity contribution < 1.29 is 19.1 Å². The van der Waals surface area contributed by atoms with Crippen LogP contribution in [0.1, 0.15) is 22.3 Å². The van der Waals surface area contributed by atoms with Gasteiger partial charge in [-0.2, -0.15) is 0 Å². The molecule has 1 N–H and O–H groups in total. The van der Waals surface area contributed by atoms with Crippen LogP contribution in [0.25, 0.3) is 0 Å². The summed E-state index contributed by atoms with van der Waals surface area (Å²) in [4.78, 5) is 37.0. The molecule has 1 aliphatic heterocycles. The van der Waals surface area contributed by atoms with Gasteiger partial charge >= 0.3 is 5.97 Å². The van der Waals surface area contributed by atoms with Gasteiger partial charge in [0.25, 0.3) is 0 Å². The van der Waals surface area contributed by atoms with Gasteiger partial charge in [0.15, 0.2) is 12.4 Å². The zero-order chi connectivity index (χ0) is 17.8. The first-order valence-corrected chi connectivity index (χ1v) is 8.73. The Labute approximate surface area is 149 Å². The Hall–Kier alpha value is -2.60. The highest BCUT2D eigenvalue weighted by Crippen LogP contribution is 2.36. The highest BCUT2D eigenvalue weighted by atomic mass is 32.2. The zero-order valence-electron chi connectivity index (χ0n) is 13.7. The fraction of sp³-hybridized carbons (Fsp3) is 0.211. The van der Waals surface area contributed by atoms with E-state index in [-0.39, 0.29) is 24.7 Å². The van der Waals surface area contributed by atoms with Gasteiger partial charge in [-0.15, -0.1) is 11.8 Å². The van der Waals surface area contributed by atoms with E-state index in [1.54, 1.807) is 12.1 Å². The number of esters is 1. The van der Waals surface area contributed by atoms with Crippen molar-refractivity contribution in [3.05, 3.63) is 59.7 Å². The Bertz CT molecular complexity index is 816. The minimum atomic E-state index is -0.563. The van der Waals surface area contributed by atoms with E-state index < -0.39 is 11.2 Å². The summed E-state index contributed by atoms with van der Waals surface area (Å²) in [5, 5.41) is 2.22. The Morgan fingerprint density at radius 2 is 1.84 bits per heavy atom. The second-order valence-electron chi connectivity index (χ2n) is 5.75. The molecule has 0 bridgehead atoms. The molecule has 3 rings (SSSR count). The van der Waals surface area contributed by atoms with Crippen LogP contribution in [0.4, 0.5) is 5.69 Å². The second kappa shape index (κ2) is 7.53. The van der Waals surface area contributed by atoms with Gasteiger partial charge in [-0.25, -0.2) is 0 Å². The number of para-hydroxylation sites is 1. The molecule has 0 aliphatic carbocycles. The number of thioether (sulfide) groups is 1. The van der Waals surface area contributed by atoms with Gasteiger partial charge in [-0.3, -0.25) is 14.4 Å². The van der Waals surface area contributed by atoms with Crippen LogP contribution in [-0.2, 0) is 14.3 Å². The maximum atomic E-state index is 12.1. The van der Waals surface area contributed by atoms with Gasteiger partial charge in [0.1, 0.15) is 0 Å². The van der Waals surface area contributed by atoms with E-state index in [2.05, 4.69) is 5.32 Å². The standard InChI is InChI=1S/C19H17NO4S/c1-12-6-8-13(9-7-12)15(21)11-24-18(22)10-17-19(23)20-14-4-2-3-5-16(14)25-17/h2-9,17H,10-11H2,1H3,(H,20,23)/t17-/m0/s1. The number of aryl methyl sites for hydroxylation is 1. The summed E-state index contributed by atoms with van der Waals surface area (Å²) < 4.78 is 5.05. The van der Waals surface area contributed by atoms with Crippen molar-refractivity contribution in [2.45, 2.75) is 23.5 Å². The number of fused-ring (bicyclic) bond motifs is 1. The van der Waals surface area contributed by atoms with E-state index in [1.807, 2.05) is 43.3 Å². The summed E-state index contributed by atoms with van der Waals surface area (Å²) in [6.45, 7) is 1.61. The number of hydrogen-bond acceptors (Lipinski definition) is 5. The highest BCUT2D eigenvalue weighted by Gasteiger charge is 2.29. The number of Topliss-reactive ketones (excluding diaryl/α,β-unsaturated/α-hetero) is 1. The Morgan fingerprint density at radius 1 is 1.12 bits per heavy atom. The number of carbonyl (C=O) groups is 3. The van der Waals surface area contributed by atoms with Gasteiger partial charge < -0.3 is 10.1 Å². The van der Waals surface area contributed by atoms with E-state index in [9.17, 15) is 14.4 Å². The van der Waals surface area contributed by atoms with Gasteiger partial charge in [0, 0.05) is 10.5 Å². The van der Waals surface area contributed by atoms with Gasteiger partial charge in [-0.1, -0.05) is 42.0 Å². The largest absolute Gasteiger partial charge is 0.457 e. The van der Waals surface area contributed by atoms with Crippen molar-refractivity contribution in [2.24, 2.45) is 0 Å². The molecule has 0 fully saturated rings. The predicted molar refractivity (Wildman–Crippen MR) is 95.8 cm³/mol. The first-order chi connectivity index (χ1) is 12.0. The molecule has 1 heterocycles. The number of amides is 1. The molecule has 128 valence electrons. The fourth-order valence-electron chi connectivity index (χ4n) is 2.41. The lowest BCUT2D eigenvalue weighted by Gasteiger charge is -2.23. The third-order valence-corrected chi connectivity index (χ3v) is 5.07. The van der Waals surface area contributed by atoms with Crippen molar-refractivity contribution >= 4 is 35.1 Å². The molecular formula is C19H17NO4S. The molecule has 6 heteroatoms. The average molecular weight is 355 g/mol. The maximum Gasteiger partial charge on any atom is 0.307 e. The molecule has 0 radical (unpaired) electrons. The molecule has 1 aliphatic rings. The lowest BCUT2D eigenvalue weighted by atomic mass is 10.1. The first kappa shape index (κ1) is 17.2. The number of rotatable bonds is 5. The van der Waals surface area contributed by atoms with Gasteiger partial charge in [0.05, 0.1) is 17.4 Å².